The molecule has 5 nitrogen and oxygen atoms in total. The number of halogens is 1. The van der Waals surface area contributed by atoms with Gasteiger partial charge in [0.1, 0.15) is 11.5 Å². The molecule has 3 aromatic rings. The van der Waals surface area contributed by atoms with Crippen molar-refractivity contribution in [3.63, 3.8) is 0 Å². The summed E-state index contributed by atoms with van der Waals surface area (Å²) < 4.78 is 6.00. The lowest BCUT2D eigenvalue weighted by Crippen LogP contribution is -2.07. The smallest absolute Gasteiger partial charge is 0.225 e. The summed E-state index contributed by atoms with van der Waals surface area (Å²) >= 11 is 3.39. The zero-order valence-corrected chi connectivity index (χ0v) is 12.7. The summed E-state index contributed by atoms with van der Waals surface area (Å²) in [4.78, 5) is 8.67. The summed E-state index contributed by atoms with van der Waals surface area (Å²) in [7, 11) is 0. The first-order chi connectivity index (χ1) is 10.2. The topological polar surface area (TPSA) is 77.0 Å². The van der Waals surface area contributed by atoms with E-state index in [1.54, 1.807) is 12.3 Å². The van der Waals surface area contributed by atoms with Crippen LogP contribution in [0.25, 0.3) is 11.5 Å². The van der Waals surface area contributed by atoms with Gasteiger partial charge in [0.2, 0.25) is 5.95 Å². The second kappa shape index (κ2) is 5.97. The lowest BCUT2D eigenvalue weighted by atomic mass is 10.2. The van der Waals surface area contributed by atoms with Gasteiger partial charge in [0, 0.05) is 6.54 Å². The quantitative estimate of drug-likeness (QED) is 0.754. The zero-order valence-electron chi connectivity index (χ0n) is 11.1. The van der Waals surface area contributed by atoms with Crippen LogP contribution in [0.2, 0.25) is 0 Å². The molecule has 0 radical (unpaired) electrons. The van der Waals surface area contributed by atoms with Gasteiger partial charge in [0.15, 0.2) is 5.76 Å². The van der Waals surface area contributed by atoms with Crippen molar-refractivity contribution in [1.82, 2.24) is 9.97 Å². The van der Waals surface area contributed by atoms with E-state index >= 15 is 0 Å². The fourth-order valence-corrected chi connectivity index (χ4v) is 2.27. The van der Waals surface area contributed by atoms with Gasteiger partial charge in [0.05, 0.1) is 10.7 Å². The fraction of sp³-hybridized carbons (Fsp3) is 0.0667. The number of nitrogens with one attached hydrogen (secondary N) is 1. The number of aromatic nitrogens is 2. The van der Waals surface area contributed by atoms with Crippen LogP contribution in [0.3, 0.4) is 0 Å². The van der Waals surface area contributed by atoms with Crippen molar-refractivity contribution in [2.45, 2.75) is 6.54 Å². The largest absolute Gasteiger partial charge is 0.463 e. The number of anilines is 2. The molecule has 1 aromatic carbocycles. The highest BCUT2D eigenvalue weighted by atomic mass is 79.9. The highest BCUT2D eigenvalue weighted by molar-refractivity contribution is 9.10. The van der Waals surface area contributed by atoms with E-state index in [1.165, 1.54) is 0 Å². The molecule has 0 aliphatic rings. The molecular weight excluding hydrogens is 332 g/mol. The molecular formula is C15H13BrN4O. The van der Waals surface area contributed by atoms with E-state index in [9.17, 15) is 0 Å². The first-order valence-electron chi connectivity index (χ1n) is 6.39. The molecule has 0 bridgehead atoms. The van der Waals surface area contributed by atoms with Gasteiger partial charge in [-0.15, -0.1) is 0 Å². The van der Waals surface area contributed by atoms with Crippen LogP contribution in [0.1, 0.15) is 5.56 Å². The molecule has 0 spiro atoms. The highest BCUT2D eigenvalue weighted by Crippen LogP contribution is 2.31. The van der Waals surface area contributed by atoms with Crippen molar-refractivity contribution in [2.24, 2.45) is 0 Å². The Morgan fingerprint density at radius 1 is 1.10 bits per heavy atom. The maximum absolute atomic E-state index is 5.92. The van der Waals surface area contributed by atoms with E-state index in [-0.39, 0.29) is 0 Å². The van der Waals surface area contributed by atoms with E-state index < -0.39 is 0 Å². The Morgan fingerprint density at radius 2 is 1.90 bits per heavy atom. The van der Waals surface area contributed by atoms with Crippen LogP contribution in [0.15, 0.2) is 57.6 Å². The lowest BCUT2D eigenvalue weighted by Gasteiger charge is -2.09. The molecule has 2 aromatic heterocycles. The summed E-state index contributed by atoms with van der Waals surface area (Å²) in [5.74, 6) is 1.47. The number of furan rings is 1. The van der Waals surface area contributed by atoms with Crippen LogP contribution >= 0.6 is 15.9 Å². The fourth-order valence-electron chi connectivity index (χ4n) is 1.90. The van der Waals surface area contributed by atoms with E-state index in [2.05, 4.69) is 31.2 Å². The third kappa shape index (κ3) is 3.05. The SMILES string of the molecule is Nc1nc(NCc2ccccc2)nc(-c2ccco2)c1Br. The van der Waals surface area contributed by atoms with Gasteiger partial charge in [-0.25, -0.2) is 4.98 Å². The minimum Gasteiger partial charge on any atom is -0.463 e. The highest BCUT2D eigenvalue weighted by Gasteiger charge is 2.14. The predicted octanol–water partition coefficient (Wildman–Crippen LogP) is 3.69. The van der Waals surface area contributed by atoms with Gasteiger partial charge < -0.3 is 15.5 Å². The van der Waals surface area contributed by atoms with E-state index in [4.69, 9.17) is 10.2 Å². The number of hydrogen-bond acceptors (Lipinski definition) is 5. The third-order valence-electron chi connectivity index (χ3n) is 2.92. The molecule has 0 aliphatic heterocycles. The number of hydrogen-bond donors (Lipinski definition) is 2. The van der Waals surface area contributed by atoms with Crippen LogP contribution < -0.4 is 11.1 Å². The monoisotopic (exact) mass is 344 g/mol. The van der Waals surface area contributed by atoms with Gasteiger partial charge in [-0.05, 0) is 33.6 Å². The minimum atomic E-state index is 0.368. The first-order valence-corrected chi connectivity index (χ1v) is 7.18. The van der Waals surface area contributed by atoms with Gasteiger partial charge >= 0.3 is 0 Å². The van der Waals surface area contributed by atoms with Crippen LogP contribution in [0.4, 0.5) is 11.8 Å². The molecule has 0 amide bonds. The van der Waals surface area contributed by atoms with Crippen LogP contribution in [0.5, 0.6) is 0 Å². The van der Waals surface area contributed by atoms with E-state index in [0.717, 1.165) is 5.56 Å². The van der Waals surface area contributed by atoms with E-state index in [1.807, 2.05) is 36.4 Å². The summed E-state index contributed by atoms with van der Waals surface area (Å²) in [5, 5.41) is 3.17. The first kappa shape index (κ1) is 13.6. The summed E-state index contributed by atoms with van der Waals surface area (Å²) in [6.45, 7) is 0.625. The molecule has 2 heterocycles. The third-order valence-corrected chi connectivity index (χ3v) is 3.71. The van der Waals surface area contributed by atoms with Crippen molar-refractivity contribution in [3.8, 4) is 11.5 Å². The Bertz CT molecular complexity index is 729. The number of benzene rings is 1. The minimum absolute atomic E-state index is 0.368. The second-order valence-electron chi connectivity index (χ2n) is 4.41. The van der Waals surface area contributed by atoms with Crippen LogP contribution in [-0.2, 0) is 6.54 Å². The summed E-state index contributed by atoms with van der Waals surface area (Å²) in [6.07, 6.45) is 1.59. The Hall–Kier alpha value is -2.34. The summed E-state index contributed by atoms with van der Waals surface area (Å²) in [6, 6.07) is 13.6. The molecule has 0 saturated carbocycles. The molecule has 3 N–H and O–H groups in total. The van der Waals surface area contributed by atoms with Crippen LogP contribution in [-0.4, -0.2) is 9.97 Å². The molecule has 0 saturated heterocycles. The van der Waals surface area contributed by atoms with Crippen LogP contribution in [0, 0.1) is 0 Å². The Kier molecular flexibility index (Phi) is 3.87. The lowest BCUT2D eigenvalue weighted by molar-refractivity contribution is 0.579. The molecule has 0 unspecified atom stereocenters. The molecule has 106 valence electrons. The molecule has 6 heteroatoms. The van der Waals surface area contributed by atoms with Crippen molar-refractivity contribution in [3.05, 3.63) is 58.8 Å². The van der Waals surface area contributed by atoms with Crippen molar-refractivity contribution in [1.29, 1.82) is 0 Å². The van der Waals surface area contributed by atoms with Crippen molar-refractivity contribution < 1.29 is 4.42 Å². The number of nitrogen functional groups attached to an aromatic ring is 1. The average Bonchev–Trinajstić information content (AvgIpc) is 3.03. The second-order valence-corrected chi connectivity index (χ2v) is 5.20. The van der Waals surface area contributed by atoms with Gasteiger partial charge in [-0.2, -0.15) is 4.98 Å². The van der Waals surface area contributed by atoms with Crippen molar-refractivity contribution in [2.75, 3.05) is 11.1 Å². The Balaban J connectivity index is 1.86. The Morgan fingerprint density at radius 3 is 2.62 bits per heavy atom. The molecule has 3 rings (SSSR count). The molecule has 0 aliphatic carbocycles. The molecule has 0 fully saturated rings. The summed E-state index contributed by atoms with van der Waals surface area (Å²) in [5.41, 5.74) is 7.69. The predicted molar refractivity (Wildman–Crippen MR) is 85.6 cm³/mol. The molecule has 21 heavy (non-hydrogen) atoms. The normalized spacial score (nSPS) is 10.5. The maximum atomic E-state index is 5.92. The van der Waals surface area contributed by atoms with Gasteiger partial charge in [-0.3, -0.25) is 0 Å². The number of nitrogens with two attached hydrogens (primary N) is 1. The Labute approximate surface area is 130 Å². The van der Waals surface area contributed by atoms with E-state index in [0.29, 0.717) is 34.2 Å². The molecule has 0 atom stereocenters. The van der Waals surface area contributed by atoms with Crippen molar-refractivity contribution >= 4 is 27.7 Å². The van der Waals surface area contributed by atoms with Gasteiger partial charge in [-0.1, -0.05) is 30.3 Å². The zero-order chi connectivity index (χ0) is 14.7. The van der Waals surface area contributed by atoms with Gasteiger partial charge in [0.25, 0.3) is 0 Å². The number of rotatable bonds is 4. The number of nitrogens with zero attached hydrogens (tertiary/aromatic N) is 2. The average molecular weight is 345 g/mol. The maximum Gasteiger partial charge on any atom is 0.225 e. The standard InChI is InChI=1S/C15H13BrN4O/c16-12-13(11-7-4-8-21-11)19-15(20-14(12)17)18-9-10-5-2-1-3-6-10/h1-8H,9H2,(H3,17,18,19,20).